The summed E-state index contributed by atoms with van der Waals surface area (Å²) in [7, 11) is 0. The normalized spacial score (nSPS) is 19.4. The third kappa shape index (κ3) is 5.50. The fourth-order valence-electron chi connectivity index (χ4n) is 3.30. The number of amides is 2. The zero-order chi connectivity index (χ0) is 20.1. The van der Waals surface area contributed by atoms with Gasteiger partial charge >= 0.3 is 0 Å². The molecule has 2 aliphatic rings. The van der Waals surface area contributed by atoms with E-state index in [-0.39, 0.29) is 11.8 Å². The minimum Gasteiger partial charge on any atom is -0.479 e. The zero-order valence-corrected chi connectivity index (χ0v) is 17.4. The molecule has 1 aromatic carbocycles. The Kier molecular flexibility index (Phi) is 7.40. The Labute approximate surface area is 175 Å². The van der Waals surface area contributed by atoms with Crippen molar-refractivity contribution < 1.29 is 19.1 Å². The quantitative estimate of drug-likeness (QED) is 0.713. The summed E-state index contributed by atoms with van der Waals surface area (Å²) in [4.78, 5) is 30.8. The van der Waals surface area contributed by atoms with Crippen molar-refractivity contribution in [2.45, 2.75) is 13.0 Å². The maximum absolute atomic E-state index is 12.7. The van der Waals surface area contributed by atoms with Crippen LogP contribution in [0.2, 0.25) is 10.0 Å². The van der Waals surface area contributed by atoms with Crippen LogP contribution in [-0.4, -0.2) is 91.6 Å². The molecule has 154 valence electrons. The number of rotatable bonds is 5. The fraction of sp³-hybridized carbons (Fsp3) is 0.579. The number of morpholine rings is 1. The Morgan fingerprint density at radius 2 is 1.71 bits per heavy atom. The number of nitrogens with zero attached hydrogens (tertiary/aromatic N) is 3. The zero-order valence-electron chi connectivity index (χ0n) is 15.9. The molecule has 1 atom stereocenters. The van der Waals surface area contributed by atoms with E-state index in [0.29, 0.717) is 61.7 Å². The van der Waals surface area contributed by atoms with E-state index in [9.17, 15) is 9.59 Å². The van der Waals surface area contributed by atoms with Crippen LogP contribution in [0.25, 0.3) is 0 Å². The highest BCUT2D eigenvalue weighted by atomic mass is 35.5. The molecule has 0 N–H and O–H groups in total. The highest BCUT2D eigenvalue weighted by molar-refractivity contribution is 6.35. The van der Waals surface area contributed by atoms with Gasteiger partial charge in [0.2, 0.25) is 5.91 Å². The lowest BCUT2D eigenvalue weighted by molar-refractivity contribution is -0.144. The molecule has 28 heavy (non-hydrogen) atoms. The van der Waals surface area contributed by atoms with E-state index in [2.05, 4.69) is 4.90 Å². The summed E-state index contributed by atoms with van der Waals surface area (Å²) in [6.07, 6.45) is -0.672. The van der Waals surface area contributed by atoms with Crippen LogP contribution in [-0.2, 0) is 14.3 Å². The minimum atomic E-state index is -0.672. The summed E-state index contributed by atoms with van der Waals surface area (Å²) in [5, 5.41) is 0.875. The number of carbonyl (C=O) groups is 2. The number of halogens is 2. The van der Waals surface area contributed by atoms with Crippen LogP contribution >= 0.6 is 23.2 Å². The first-order valence-electron chi connectivity index (χ1n) is 9.42. The van der Waals surface area contributed by atoms with Gasteiger partial charge in [-0.25, -0.2) is 0 Å². The van der Waals surface area contributed by atoms with Gasteiger partial charge in [-0.3, -0.25) is 14.5 Å². The highest BCUT2D eigenvalue weighted by Gasteiger charge is 2.29. The summed E-state index contributed by atoms with van der Waals surface area (Å²) < 4.78 is 11.0. The molecule has 2 amide bonds. The van der Waals surface area contributed by atoms with Crippen molar-refractivity contribution in [2.24, 2.45) is 0 Å². The monoisotopic (exact) mass is 429 g/mol. The highest BCUT2D eigenvalue weighted by Crippen LogP contribution is 2.28. The number of carbonyl (C=O) groups excluding carboxylic acids is 2. The lowest BCUT2D eigenvalue weighted by Crippen LogP contribution is -2.55. The van der Waals surface area contributed by atoms with Crippen LogP contribution in [0.15, 0.2) is 18.2 Å². The van der Waals surface area contributed by atoms with Crippen molar-refractivity contribution in [3.63, 3.8) is 0 Å². The van der Waals surface area contributed by atoms with E-state index in [1.165, 1.54) is 0 Å². The topological polar surface area (TPSA) is 62.3 Å². The second kappa shape index (κ2) is 9.78. The summed E-state index contributed by atoms with van der Waals surface area (Å²) in [5.41, 5.74) is 0. The summed E-state index contributed by atoms with van der Waals surface area (Å²) in [5.74, 6) is 0.406. The van der Waals surface area contributed by atoms with E-state index >= 15 is 0 Å². The average Bonchev–Trinajstić information content (AvgIpc) is 2.70. The Morgan fingerprint density at radius 3 is 2.36 bits per heavy atom. The predicted octanol–water partition coefficient (Wildman–Crippen LogP) is 1.76. The Balaban J connectivity index is 1.46. The Bertz CT molecular complexity index is 704. The molecule has 0 aliphatic carbocycles. The van der Waals surface area contributed by atoms with Crippen molar-refractivity contribution in [1.29, 1.82) is 0 Å². The van der Waals surface area contributed by atoms with Gasteiger partial charge in [-0.05, 0) is 25.1 Å². The van der Waals surface area contributed by atoms with Crippen LogP contribution in [0.1, 0.15) is 6.92 Å². The molecular formula is C19H25Cl2N3O4. The number of benzene rings is 1. The van der Waals surface area contributed by atoms with E-state index in [0.717, 1.165) is 13.1 Å². The molecule has 2 aliphatic heterocycles. The molecule has 2 fully saturated rings. The van der Waals surface area contributed by atoms with E-state index in [4.69, 9.17) is 32.7 Å². The molecule has 9 heteroatoms. The maximum Gasteiger partial charge on any atom is 0.263 e. The Hall–Kier alpha value is -1.54. The minimum absolute atomic E-state index is 0.103. The number of piperazine rings is 1. The molecule has 7 nitrogen and oxygen atoms in total. The standard InChI is InChI=1S/C19H25Cl2N3O4/c1-14(28-17-3-2-15(20)12-16(17)21)19(26)24-6-4-23(5-7-24)18(25)13-22-8-10-27-11-9-22/h2-3,12,14H,4-11,13H2,1H3. The van der Waals surface area contributed by atoms with E-state index in [1.807, 2.05) is 4.90 Å². The van der Waals surface area contributed by atoms with Crippen LogP contribution in [0, 0.1) is 0 Å². The summed E-state index contributed by atoms with van der Waals surface area (Å²) >= 11 is 12.0. The lowest BCUT2D eigenvalue weighted by atomic mass is 10.2. The summed E-state index contributed by atoms with van der Waals surface area (Å²) in [6.45, 7) is 7.07. The fourth-order valence-corrected chi connectivity index (χ4v) is 3.75. The molecule has 0 spiro atoms. The van der Waals surface area contributed by atoms with Crippen molar-refractivity contribution >= 4 is 35.0 Å². The number of ether oxygens (including phenoxy) is 2. The van der Waals surface area contributed by atoms with Crippen LogP contribution in [0.4, 0.5) is 0 Å². The molecular weight excluding hydrogens is 405 g/mol. The number of hydrogen-bond acceptors (Lipinski definition) is 5. The van der Waals surface area contributed by atoms with Gasteiger partial charge in [0.15, 0.2) is 6.10 Å². The van der Waals surface area contributed by atoms with Gasteiger partial charge in [0.25, 0.3) is 5.91 Å². The molecule has 2 heterocycles. The molecule has 2 saturated heterocycles. The average molecular weight is 430 g/mol. The van der Waals surface area contributed by atoms with Crippen LogP contribution in [0.5, 0.6) is 5.75 Å². The molecule has 1 unspecified atom stereocenters. The van der Waals surface area contributed by atoms with Gasteiger partial charge in [0, 0.05) is 44.3 Å². The third-order valence-corrected chi connectivity index (χ3v) is 5.48. The molecule has 0 aromatic heterocycles. The third-order valence-electron chi connectivity index (χ3n) is 4.95. The van der Waals surface area contributed by atoms with Gasteiger partial charge < -0.3 is 19.3 Å². The van der Waals surface area contributed by atoms with Gasteiger partial charge in [0.05, 0.1) is 24.8 Å². The molecule has 0 bridgehead atoms. The van der Waals surface area contributed by atoms with Gasteiger partial charge in [-0.1, -0.05) is 23.2 Å². The maximum atomic E-state index is 12.7. The SMILES string of the molecule is CC(Oc1ccc(Cl)cc1Cl)C(=O)N1CCN(C(=O)CN2CCOCC2)CC1. The van der Waals surface area contributed by atoms with Crippen molar-refractivity contribution in [3.8, 4) is 5.75 Å². The van der Waals surface area contributed by atoms with Crippen molar-refractivity contribution in [1.82, 2.24) is 14.7 Å². The second-order valence-corrected chi connectivity index (χ2v) is 7.77. The van der Waals surface area contributed by atoms with Crippen molar-refractivity contribution in [3.05, 3.63) is 28.2 Å². The van der Waals surface area contributed by atoms with Gasteiger partial charge in [-0.15, -0.1) is 0 Å². The van der Waals surface area contributed by atoms with Gasteiger partial charge in [0.1, 0.15) is 5.75 Å². The van der Waals surface area contributed by atoms with Crippen LogP contribution in [0.3, 0.4) is 0 Å². The number of hydrogen-bond donors (Lipinski definition) is 0. The van der Waals surface area contributed by atoms with Gasteiger partial charge in [-0.2, -0.15) is 0 Å². The first kappa shape index (κ1) is 21.2. The molecule has 1 aromatic rings. The first-order valence-corrected chi connectivity index (χ1v) is 10.2. The lowest BCUT2D eigenvalue weighted by Gasteiger charge is -2.37. The molecule has 0 radical (unpaired) electrons. The van der Waals surface area contributed by atoms with E-state index < -0.39 is 6.10 Å². The van der Waals surface area contributed by atoms with Crippen molar-refractivity contribution in [2.75, 3.05) is 59.0 Å². The van der Waals surface area contributed by atoms with E-state index in [1.54, 1.807) is 30.0 Å². The molecule has 0 saturated carbocycles. The summed E-state index contributed by atoms with van der Waals surface area (Å²) in [6, 6.07) is 4.89. The molecule has 3 rings (SSSR count). The Morgan fingerprint density at radius 1 is 1.07 bits per heavy atom. The largest absolute Gasteiger partial charge is 0.479 e. The smallest absolute Gasteiger partial charge is 0.263 e. The predicted molar refractivity (Wildman–Crippen MR) is 107 cm³/mol. The van der Waals surface area contributed by atoms with Crippen LogP contribution < -0.4 is 4.74 Å². The first-order chi connectivity index (χ1) is 13.4. The second-order valence-electron chi connectivity index (χ2n) is 6.93.